The third-order valence-corrected chi connectivity index (χ3v) is 2.43. The summed E-state index contributed by atoms with van der Waals surface area (Å²) in [5.41, 5.74) is -0.114. The van der Waals surface area contributed by atoms with Gasteiger partial charge in [0.15, 0.2) is 6.10 Å². The third-order valence-electron chi connectivity index (χ3n) is 2.43. The number of imide groups is 1. The van der Waals surface area contributed by atoms with E-state index in [9.17, 15) is 24.5 Å². The number of benzene rings is 1. The number of esters is 1. The quantitative estimate of drug-likeness (QED) is 0.475. The van der Waals surface area contributed by atoms with E-state index in [4.69, 9.17) is 4.74 Å². The van der Waals surface area contributed by atoms with Gasteiger partial charge in [-0.25, -0.2) is 9.59 Å². The van der Waals surface area contributed by atoms with Gasteiger partial charge in [0.2, 0.25) is 0 Å². The molecule has 112 valence electrons. The Hall–Kier alpha value is -2.97. The van der Waals surface area contributed by atoms with Crippen LogP contribution in [0.25, 0.3) is 0 Å². The SMILES string of the molecule is CNC(=O)NC(=O)[C@@H](C)OC(=O)c1ccc([N+](=O)[O-])cc1. The van der Waals surface area contributed by atoms with Gasteiger partial charge >= 0.3 is 12.0 Å². The fraction of sp³-hybridized carbons (Fsp3) is 0.250. The average molecular weight is 295 g/mol. The van der Waals surface area contributed by atoms with Gasteiger partial charge < -0.3 is 10.1 Å². The summed E-state index contributed by atoms with van der Waals surface area (Å²) in [7, 11) is 1.33. The van der Waals surface area contributed by atoms with Crippen LogP contribution in [-0.2, 0) is 9.53 Å². The molecule has 0 unspecified atom stereocenters. The molecule has 9 heteroatoms. The molecule has 9 nitrogen and oxygen atoms in total. The first-order valence-electron chi connectivity index (χ1n) is 5.83. The molecule has 0 saturated heterocycles. The number of hydrogen-bond donors (Lipinski definition) is 2. The zero-order valence-electron chi connectivity index (χ0n) is 11.3. The minimum atomic E-state index is -1.19. The first-order valence-corrected chi connectivity index (χ1v) is 5.83. The molecule has 0 aliphatic carbocycles. The molecule has 0 aliphatic heterocycles. The number of carbonyl (C=O) groups is 3. The Labute approximate surface area is 119 Å². The van der Waals surface area contributed by atoms with Crippen LogP contribution in [0.3, 0.4) is 0 Å². The highest BCUT2D eigenvalue weighted by atomic mass is 16.6. The van der Waals surface area contributed by atoms with E-state index < -0.39 is 28.9 Å². The van der Waals surface area contributed by atoms with Crippen LogP contribution in [-0.4, -0.2) is 36.0 Å². The van der Waals surface area contributed by atoms with Crippen molar-refractivity contribution in [3.05, 3.63) is 39.9 Å². The third kappa shape index (κ3) is 4.56. The van der Waals surface area contributed by atoms with Crippen LogP contribution in [0.4, 0.5) is 10.5 Å². The van der Waals surface area contributed by atoms with E-state index in [1.54, 1.807) is 0 Å². The normalized spacial score (nSPS) is 11.1. The van der Waals surface area contributed by atoms with Crippen LogP contribution in [0, 0.1) is 10.1 Å². The van der Waals surface area contributed by atoms with Crippen molar-refractivity contribution in [3.8, 4) is 0 Å². The summed E-state index contributed by atoms with van der Waals surface area (Å²) in [5, 5.41) is 14.6. The summed E-state index contributed by atoms with van der Waals surface area (Å²) in [5.74, 6) is -1.62. The Morgan fingerprint density at radius 1 is 1.24 bits per heavy atom. The molecule has 0 fully saturated rings. The Kier molecular flexibility index (Phi) is 5.35. The largest absolute Gasteiger partial charge is 0.449 e. The van der Waals surface area contributed by atoms with Gasteiger partial charge in [-0.15, -0.1) is 0 Å². The number of nitro groups is 1. The molecule has 0 spiro atoms. The van der Waals surface area contributed by atoms with Crippen molar-refractivity contribution in [3.63, 3.8) is 0 Å². The molecule has 0 bridgehead atoms. The average Bonchev–Trinajstić information content (AvgIpc) is 2.46. The maximum absolute atomic E-state index is 11.7. The van der Waals surface area contributed by atoms with Crippen LogP contribution >= 0.6 is 0 Å². The summed E-state index contributed by atoms with van der Waals surface area (Å²) < 4.78 is 4.84. The zero-order valence-corrected chi connectivity index (χ0v) is 11.3. The summed E-state index contributed by atoms with van der Waals surface area (Å²) in [4.78, 5) is 44.0. The molecule has 0 radical (unpaired) electrons. The summed E-state index contributed by atoms with van der Waals surface area (Å²) in [6, 6.07) is 3.99. The van der Waals surface area contributed by atoms with Gasteiger partial charge in [-0.3, -0.25) is 20.2 Å². The second kappa shape index (κ2) is 6.98. The predicted octanol–water partition coefficient (Wildman–Crippen LogP) is 0.596. The first-order chi connectivity index (χ1) is 9.85. The van der Waals surface area contributed by atoms with Gasteiger partial charge in [-0.2, -0.15) is 0 Å². The number of amides is 3. The molecule has 21 heavy (non-hydrogen) atoms. The molecular weight excluding hydrogens is 282 g/mol. The van der Waals surface area contributed by atoms with Crippen LogP contribution in [0.1, 0.15) is 17.3 Å². The number of nitro benzene ring substituents is 1. The number of nitrogens with zero attached hydrogens (tertiary/aromatic N) is 1. The Bertz CT molecular complexity index is 569. The molecule has 0 saturated carbocycles. The fourth-order valence-corrected chi connectivity index (χ4v) is 1.28. The Morgan fingerprint density at radius 2 is 1.81 bits per heavy atom. The number of non-ortho nitro benzene ring substituents is 1. The van der Waals surface area contributed by atoms with E-state index in [-0.39, 0.29) is 11.3 Å². The van der Waals surface area contributed by atoms with Crippen LogP contribution < -0.4 is 10.6 Å². The molecular formula is C12H13N3O6. The minimum Gasteiger partial charge on any atom is -0.449 e. The molecule has 1 atom stereocenters. The highest BCUT2D eigenvalue weighted by molar-refractivity contribution is 5.98. The lowest BCUT2D eigenvalue weighted by Gasteiger charge is -2.12. The highest BCUT2D eigenvalue weighted by Crippen LogP contribution is 2.13. The number of ether oxygens (including phenoxy) is 1. The molecule has 0 heterocycles. The highest BCUT2D eigenvalue weighted by Gasteiger charge is 2.20. The van der Waals surface area contributed by atoms with Gasteiger partial charge in [0, 0.05) is 19.2 Å². The molecule has 0 aliphatic rings. The molecule has 1 rings (SSSR count). The van der Waals surface area contributed by atoms with Crippen molar-refractivity contribution < 1.29 is 24.0 Å². The lowest BCUT2D eigenvalue weighted by atomic mass is 10.2. The molecule has 3 amide bonds. The maximum Gasteiger partial charge on any atom is 0.338 e. The predicted molar refractivity (Wildman–Crippen MR) is 70.6 cm³/mol. The van der Waals surface area contributed by atoms with Crippen molar-refractivity contribution in [1.29, 1.82) is 0 Å². The smallest absolute Gasteiger partial charge is 0.338 e. The lowest BCUT2D eigenvalue weighted by molar-refractivity contribution is -0.384. The first kappa shape index (κ1) is 16.1. The van der Waals surface area contributed by atoms with Crippen LogP contribution in [0.15, 0.2) is 24.3 Å². The van der Waals surface area contributed by atoms with E-state index >= 15 is 0 Å². The zero-order chi connectivity index (χ0) is 16.0. The van der Waals surface area contributed by atoms with Gasteiger partial charge in [-0.1, -0.05) is 0 Å². The molecule has 1 aromatic carbocycles. The number of hydrogen-bond acceptors (Lipinski definition) is 6. The molecule has 0 aromatic heterocycles. The maximum atomic E-state index is 11.7. The van der Waals surface area contributed by atoms with Gasteiger partial charge in [-0.05, 0) is 19.1 Å². The van der Waals surface area contributed by atoms with Crippen molar-refractivity contribution in [2.75, 3.05) is 7.05 Å². The Balaban J connectivity index is 2.65. The number of carbonyl (C=O) groups excluding carboxylic acids is 3. The second-order valence-corrected chi connectivity index (χ2v) is 3.92. The fourth-order valence-electron chi connectivity index (χ4n) is 1.28. The van der Waals surface area contributed by atoms with E-state index in [0.717, 1.165) is 12.1 Å². The summed E-state index contributed by atoms with van der Waals surface area (Å²) in [6.45, 7) is 1.29. The van der Waals surface area contributed by atoms with Crippen LogP contribution in [0.2, 0.25) is 0 Å². The topological polar surface area (TPSA) is 128 Å². The van der Waals surface area contributed by atoms with E-state index in [1.807, 2.05) is 5.32 Å². The lowest BCUT2D eigenvalue weighted by Crippen LogP contribution is -2.43. The van der Waals surface area contributed by atoms with Crippen molar-refractivity contribution in [2.45, 2.75) is 13.0 Å². The van der Waals surface area contributed by atoms with Crippen molar-refractivity contribution in [2.24, 2.45) is 0 Å². The standard InChI is InChI=1S/C12H13N3O6/c1-7(10(16)14-12(18)13-2)21-11(17)8-3-5-9(6-4-8)15(19)20/h3-7H,1-2H3,(H2,13,14,16,18)/t7-/m1/s1. The monoisotopic (exact) mass is 295 g/mol. The number of urea groups is 1. The van der Waals surface area contributed by atoms with Crippen molar-refractivity contribution >= 4 is 23.6 Å². The number of rotatable bonds is 4. The molecule has 1 aromatic rings. The second-order valence-electron chi connectivity index (χ2n) is 3.92. The van der Waals surface area contributed by atoms with E-state index in [1.165, 1.54) is 26.1 Å². The van der Waals surface area contributed by atoms with Gasteiger partial charge in [0.05, 0.1) is 10.5 Å². The van der Waals surface area contributed by atoms with E-state index in [0.29, 0.717) is 0 Å². The summed E-state index contributed by atoms with van der Waals surface area (Å²) >= 11 is 0. The van der Waals surface area contributed by atoms with Crippen molar-refractivity contribution in [1.82, 2.24) is 10.6 Å². The van der Waals surface area contributed by atoms with Gasteiger partial charge in [0.1, 0.15) is 0 Å². The minimum absolute atomic E-state index is 0.0557. The molecule has 2 N–H and O–H groups in total. The Morgan fingerprint density at radius 3 is 2.29 bits per heavy atom. The van der Waals surface area contributed by atoms with Crippen LogP contribution in [0.5, 0.6) is 0 Å². The van der Waals surface area contributed by atoms with E-state index in [2.05, 4.69) is 5.32 Å². The van der Waals surface area contributed by atoms with Gasteiger partial charge in [0.25, 0.3) is 11.6 Å². The summed E-state index contributed by atoms with van der Waals surface area (Å²) in [6.07, 6.45) is -1.19. The number of nitrogens with one attached hydrogen (secondary N) is 2.